The number of ether oxygens (including phenoxy) is 3. The maximum absolute atomic E-state index is 13.3. The number of fused-ring (bicyclic) bond motifs is 5. The lowest BCUT2D eigenvalue weighted by Crippen LogP contribution is -2.37. The van der Waals surface area contributed by atoms with E-state index in [0.29, 0.717) is 0 Å². The largest absolute Gasteiger partial charge is 0.472 e. The summed E-state index contributed by atoms with van der Waals surface area (Å²) >= 11 is 0. The average Bonchev–Trinajstić information content (AvgIpc) is 3.75. The third-order valence-electron chi connectivity index (χ3n) is 7.70. The van der Waals surface area contributed by atoms with Crippen molar-refractivity contribution in [1.82, 2.24) is 29.1 Å². The molecule has 3 fully saturated rings. The van der Waals surface area contributed by atoms with Crippen LogP contribution in [0.25, 0.3) is 11.2 Å². The zero-order valence-electron chi connectivity index (χ0n) is 23.5. The fourth-order valence-corrected chi connectivity index (χ4v) is 7.58. The summed E-state index contributed by atoms with van der Waals surface area (Å²) in [4.78, 5) is 64.6. The Kier molecular flexibility index (Phi) is 7.82. The number of hydrogen-bond acceptors (Lipinski definition) is 17. The van der Waals surface area contributed by atoms with E-state index in [-0.39, 0.29) is 40.8 Å². The summed E-state index contributed by atoms with van der Waals surface area (Å²) in [5, 5.41) is 11.2. The number of methoxy groups -OCH3 is 1. The lowest BCUT2D eigenvalue weighted by atomic mass is 10.1. The van der Waals surface area contributed by atoms with Crippen LogP contribution in [0.3, 0.4) is 0 Å². The molecular formula is C22H26N8O14P2. The maximum Gasteiger partial charge on any atom is 0.472 e. The first-order chi connectivity index (χ1) is 21.9. The number of nitrogens with zero attached hydrogens (tertiary/aromatic N) is 6. The van der Waals surface area contributed by atoms with Crippen molar-refractivity contribution in [2.45, 2.75) is 55.5 Å². The van der Waals surface area contributed by atoms with Gasteiger partial charge in [0.2, 0.25) is 5.95 Å². The first kappa shape index (κ1) is 31.4. The van der Waals surface area contributed by atoms with Gasteiger partial charge in [0.1, 0.15) is 36.6 Å². The third kappa shape index (κ3) is 5.45. The number of anilines is 1. The number of aliphatic imine (C=N–C) groups is 1. The Morgan fingerprint density at radius 1 is 1.00 bits per heavy atom. The zero-order chi connectivity index (χ0) is 32.5. The minimum absolute atomic E-state index is 0.0212. The summed E-state index contributed by atoms with van der Waals surface area (Å²) in [5.41, 5.74) is 4.84. The first-order valence-electron chi connectivity index (χ1n) is 13.5. The number of ketones is 1. The number of rotatable bonds is 3. The van der Waals surface area contributed by atoms with Crippen molar-refractivity contribution in [2.75, 3.05) is 26.1 Å². The number of phosphoric ester groups is 2. The van der Waals surface area contributed by atoms with Gasteiger partial charge in [0.05, 0.1) is 25.9 Å². The van der Waals surface area contributed by atoms with Crippen LogP contribution in [0.2, 0.25) is 0 Å². The lowest BCUT2D eigenvalue weighted by molar-refractivity contribution is -0.0675. The van der Waals surface area contributed by atoms with Crippen molar-refractivity contribution in [1.29, 1.82) is 0 Å². The molecule has 7 heterocycles. The quantitative estimate of drug-likeness (QED) is 0.208. The molecule has 0 aromatic carbocycles. The Bertz CT molecular complexity index is 1880. The SMILES string of the molecule is CO[C@H]1[C@H]2OP(=O)(O)OC[C@H]3O[C@@H](n4cnc5c4N=CCC5=O)[C@H](O)[C@@H]3OP(=O)(O)OC[C@H]1O[C@H]2n1cnc2c(=O)[nH]c(N)nc21. The number of imidazole rings is 2. The van der Waals surface area contributed by atoms with Crippen molar-refractivity contribution >= 4 is 50.6 Å². The molecule has 3 aromatic heterocycles. The second kappa shape index (κ2) is 11.5. The minimum Gasteiger partial charge on any atom is -0.386 e. The molecule has 248 valence electrons. The highest BCUT2D eigenvalue weighted by molar-refractivity contribution is 7.47. The molecule has 6 N–H and O–H groups in total. The minimum atomic E-state index is -5.06. The van der Waals surface area contributed by atoms with Gasteiger partial charge >= 0.3 is 15.6 Å². The van der Waals surface area contributed by atoms with Gasteiger partial charge in [0.15, 0.2) is 40.9 Å². The van der Waals surface area contributed by atoms with Gasteiger partial charge in [-0.3, -0.25) is 41.8 Å². The number of hydrogen-bond donors (Lipinski definition) is 5. The van der Waals surface area contributed by atoms with E-state index in [1.54, 1.807) is 0 Å². The van der Waals surface area contributed by atoms with Crippen molar-refractivity contribution < 1.29 is 61.1 Å². The van der Waals surface area contributed by atoms with E-state index in [4.69, 9.17) is 38.0 Å². The number of nitrogens with one attached hydrogen (secondary N) is 1. The van der Waals surface area contributed by atoms with Crippen molar-refractivity contribution in [3.63, 3.8) is 0 Å². The molecule has 22 nitrogen and oxygen atoms in total. The first-order valence-corrected chi connectivity index (χ1v) is 16.5. The monoisotopic (exact) mass is 688 g/mol. The van der Waals surface area contributed by atoms with Crippen LogP contribution < -0.4 is 11.3 Å². The van der Waals surface area contributed by atoms with Crippen LogP contribution in [0.5, 0.6) is 0 Å². The summed E-state index contributed by atoms with van der Waals surface area (Å²) in [6.07, 6.45) is -7.86. The molecule has 10 atom stereocenters. The molecule has 46 heavy (non-hydrogen) atoms. The summed E-state index contributed by atoms with van der Waals surface area (Å²) in [6, 6.07) is 0. The maximum atomic E-state index is 13.3. The number of aliphatic hydroxyl groups excluding tert-OH is 1. The van der Waals surface area contributed by atoms with Crippen molar-refractivity contribution in [2.24, 2.45) is 4.99 Å². The van der Waals surface area contributed by atoms with Gasteiger partial charge in [-0.05, 0) is 0 Å². The fraction of sp³-hybridized carbons (Fsp3) is 0.545. The summed E-state index contributed by atoms with van der Waals surface area (Å²) < 4.78 is 67.5. The molecule has 4 aliphatic heterocycles. The van der Waals surface area contributed by atoms with Crippen LogP contribution in [0.15, 0.2) is 22.4 Å². The number of nitrogens with two attached hydrogens (primary N) is 1. The molecule has 2 unspecified atom stereocenters. The molecule has 0 saturated carbocycles. The van der Waals surface area contributed by atoms with Crippen LogP contribution in [-0.2, 0) is 41.4 Å². The van der Waals surface area contributed by atoms with Crippen LogP contribution in [-0.4, -0.2) is 113 Å². The van der Waals surface area contributed by atoms with Gasteiger partial charge in [0, 0.05) is 19.7 Å². The van der Waals surface area contributed by atoms with Crippen LogP contribution in [0.4, 0.5) is 11.8 Å². The predicted molar refractivity (Wildman–Crippen MR) is 148 cm³/mol. The van der Waals surface area contributed by atoms with Crippen molar-refractivity contribution in [3.8, 4) is 0 Å². The number of aromatic nitrogens is 6. The molecule has 2 bridgehead atoms. The molecule has 7 rings (SSSR count). The third-order valence-corrected chi connectivity index (χ3v) is 9.67. The number of carbonyl (C=O) groups is 1. The number of aliphatic hydroxyl groups is 1. The molecule has 0 spiro atoms. The van der Waals surface area contributed by atoms with Gasteiger partial charge in [-0.25, -0.2) is 24.1 Å². The highest BCUT2D eigenvalue weighted by Crippen LogP contribution is 2.54. The van der Waals surface area contributed by atoms with E-state index in [1.807, 2.05) is 0 Å². The Morgan fingerprint density at radius 2 is 1.67 bits per heavy atom. The Balaban J connectivity index is 1.21. The van der Waals surface area contributed by atoms with Gasteiger partial charge in [0.25, 0.3) is 5.56 Å². The molecule has 4 aliphatic rings. The smallest absolute Gasteiger partial charge is 0.386 e. The van der Waals surface area contributed by atoms with Crippen molar-refractivity contribution in [3.05, 3.63) is 28.7 Å². The van der Waals surface area contributed by atoms with E-state index >= 15 is 0 Å². The number of Topliss-reactive ketones (excluding diaryl/α,β-unsaturated/α-hetero) is 1. The molecule has 0 amide bonds. The van der Waals surface area contributed by atoms with Gasteiger partial charge in [-0.15, -0.1) is 0 Å². The van der Waals surface area contributed by atoms with E-state index in [0.717, 1.165) is 6.33 Å². The fourth-order valence-electron chi connectivity index (χ4n) is 5.69. The second-order valence-electron chi connectivity index (χ2n) is 10.5. The van der Waals surface area contributed by atoms with Crippen LogP contribution >= 0.6 is 15.6 Å². The van der Waals surface area contributed by atoms with Gasteiger partial charge in [-0.1, -0.05) is 0 Å². The molecular weight excluding hydrogens is 662 g/mol. The van der Waals surface area contributed by atoms with E-state index in [1.165, 1.54) is 28.8 Å². The number of phosphoric acid groups is 2. The Morgan fingerprint density at radius 3 is 2.41 bits per heavy atom. The second-order valence-corrected chi connectivity index (χ2v) is 13.3. The highest BCUT2D eigenvalue weighted by atomic mass is 31.2. The number of carbonyl (C=O) groups excluding carboxylic acids is 1. The number of H-pyrrole nitrogens is 1. The molecule has 24 heteroatoms. The molecule has 3 aromatic rings. The number of aromatic amines is 1. The standard InChI is InChI=1S/C22H26N8O14P2/c1-38-15-10-5-40-45(34,35)43-14-9(41-20(13(14)32)29-6-25-11-8(31)2-3-24-17(11)29)4-39-46(36,37)44-16(15)21(42-10)30-7-26-12-18(30)27-22(23)28-19(12)33/h3,6-7,9-10,13-16,20-21,32H,2,4-5H2,1H3,(H,34,35)(H,36,37)(H3,23,27,28,33)/t9-,10-,13-,14-,15-,16-,20-,21-/m1/s1. The summed E-state index contributed by atoms with van der Waals surface area (Å²) in [7, 11) is -8.87. The van der Waals surface area contributed by atoms with Gasteiger partial charge in [-0.2, -0.15) is 4.98 Å². The Labute approximate surface area is 256 Å². The number of nitrogen functional groups attached to an aromatic ring is 1. The molecule has 0 aliphatic carbocycles. The predicted octanol–water partition coefficient (Wildman–Crippen LogP) is -0.924. The Hall–Kier alpha value is -3.24. The van der Waals surface area contributed by atoms with Crippen LogP contribution in [0.1, 0.15) is 29.4 Å². The highest BCUT2D eigenvalue weighted by Gasteiger charge is 2.54. The lowest BCUT2D eigenvalue weighted by Gasteiger charge is -2.26. The molecule has 3 saturated heterocycles. The summed E-state index contributed by atoms with van der Waals surface area (Å²) in [6.45, 7) is -1.50. The normalized spacial score (nSPS) is 38.2. The summed E-state index contributed by atoms with van der Waals surface area (Å²) in [5.74, 6) is -0.523. The van der Waals surface area contributed by atoms with Crippen LogP contribution in [0, 0.1) is 0 Å². The van der Waals surface area contributed by atoms with Gasteiger partial charge < -0.3 is 34.8 Å². The van der Waals surface area contributed by atoms with E-state index < -0.39 is 83.5 Å². The topological polar surface area (TPSA) is 296 Å². The van der Waals surface area contributed by atoms with E-state index in [9.17, 15) is 33.6 Å². The molecule has 0 radical (unpaired) electrons. The average molecular weight is 688 g/mol. The zero-order valence-corrected chi connectivity index (χ0v) is 25.2. The van der Waals surface area contributed by atoms with E-state index in [2.05, 4.69) is 24.9 Å².